The van der Waals surface area contributed by atoms with E-state index in [4.69, 9.17) is 22.3 Å². The summed E-state index contributed by atoms with van der Waals surface area (Å²) in [6, 6.07) is 3.19. The molecule has 0 fully saturated rings. The van der Waals surface area contributed by atoms with E-state index in [0.29, 0.717) is 12.3 Å². The first kappa shape index (κ1) is 15.1. The Hall–Kier alpha value is -1.25. The summed E-state index contributed by atoms with van der Waals surface area (Å²) in [5.74, 6) is -0.163. The van der Waals surface area contributed by atoms with Crippen LogP contribution >= 0.6 is 22.3 Å². The van der Waals surface area contributed by atoms with Crippen molar-refractivity contribution in [2.24, 2.45) is 0 Å². The Bertz CT molecular complexity index is 756. The summed E-state index contributed by atoms with van der Waals surface area (Å²) in [5, 5.41) is -0.689. The highest BCUT2D eigenvalue weighted by atomic mass is 35.7. The predicted molar refractivity (Wildman–Crippen MR) is 66.6 cm³/mol. The van der Waals surface area contributed by atoms with Gasteiger partial charge in [0.1, 0.15) is 0 Å². The molecule has 4 nitrogen and oxygen atoms in total. The van der Waals surface area contributed by atoms with Crippen LogP contribution in [0.1, 0.15) is 5.56 Å². The van der Waals surface area contributed by atoms with Crippen LogP contribution in [0.5, 0.6) is 0 Å². The summed E-state index contributed by atoms with van der Waals surface area (Å²) in [6.45, 7) is 0. The number of hydrogen-bond acceptors (Lipinski definition) is 3. The number of halogens is 5. The van der Waals surface area contributed by atoms with Crippen LogP contribution < -0.4 is 0 Å². The second-order valence-corrected chi connectivity index (χ2v) is 6.60. The second-order valence-electron chi connectivity index (χ2n) is 3.68. The average Bonchev–Trinajstić information content (AvgIpc) is 2.75. The van der Waals surface area contributed by atoms with Crippen molar-refractivity contribution in [3.63, 3.8) is 0 Å². The van der Waals surface area contributed by atoms with Crippen LogP contribution in [0.2, 0.25) is 5.02 Å². The topological polar surface area (TPSA) is 52.0 Å². The molecule has 0 aliphatic rings. The Morgan fingerprint density at radius 1 is 1.30 bits per heavy atom. The van der Waals surface area contributed by atoms with Crippen molar-refractivity contribution >= 4 is 31.3 Å². The zero-order chi connectivity index (χ0) is 15.1. The van der Waals surface area contributed by atoms with Crippen LogP contribution in [0, 0.1) is 0 Å². The Morgan fingerprint density at radius 3 is 2.45 bits per heavy atom. The molecule has 0 amide bonds. The SMILES string of the molecule is O=S(=O)(Cl)c1cccn1-c1ncc(C(F)(F)F)cc1Cl. The van der Waals surface area contributed by atoms with Crippen molar-refractivity contribution in [3.8, 4) is 5.82 Å². The fourth-order valence-corrected chi connectivity index (χ4v) is 2.76. The van der Waals surface area contributed by atoms with Gasteiger partial charge in [0, 0.05) is 23.1 Å². The number of alkyl halides is 3. The summed E-state index contributed by atoms with van der Waals surface area (Å²) in [5.41, 5.74) is -1.03. The fraction of sp³-hybridized carbons (Fsp3) is 0.100. The van der Waals surface area contributed by atoms with Gasteiger partial charge in [-0.05, 0) is 18.2 Å². The minimum Gasteiger partial charge on any atom is -0.290 e. The zero-order valence-electron chi connectivity index (χ0n) is 9.40. The highest BCUT2D eigenvalue weighted by Gasteiger charge is 2.32. The van der Waals surface area contributed by atoms with Crippen LogP contribution in [0.3, 0.4) is 0 Å². The largest absolute Gasteiger partial charge is 0.417 e. The molecule has 2 aromatic heterocycles. The Labute approximate surface area is 121 Å². The summed E-state index contributed by atoms with van der Waals surface area (Å²) in [4.78, 5) is 3.55. The molecule has 0 atom stereocenters. The monoisotopic (exact) mass is 344 g/mol. The van der Waals surface area contributed by atoms with Gasteiger partial charge in [-0.1, -0.05) is 11.6 Å². The van der Waals surface area contributed by atoms with Gasteiger partial charge in [-0.25, -0.2) is 13.4 Å². The van der Waals surface area contributed by atoms with E-state index < -0.39 is 20.8 Å². The van der Waals surface area contributed by atoms with Crippen LogP contribution in [-0.2, 0) is 15.2 Å². The maximum atomic E-state index is 12.5. The number of rotatable bonds is 2. The van der Waals surface area contributed by atoms with E-state index in [9.17, 15) is 21.6 Å². The van der Waals surface area contributed by atoms with Crippen molar-refractivity contribution in [2.75, 3.05) is 0 Å². The van der Waals surface area contributed by atoms with Crippen molar-refractivity contribution < 1.29 is 21.6 Å². The van der Waals surface area contributed by atoms with Crippen LogP contribution in [-0.4, -0.2) is 18.0 Å². The lowest BCUT2D eigenvalue weighted by Gasteiger charge is -2.11. The number of pyridine rings is 1. The van der Waals surface area contributed by atoms with Gasteiger partial charge in [-0.15, -0.1) is 0 Å². The molecular formula is C10H5Cl2F3N2O2S. The molecule has 0 N–H and O–H groups in total. The van der Waals surface area contributed by atoms with Gasteiger partial charge in [0.25, 0.3) is 9.05 Å². The van der Waals surface area contributed by atoms with E-state index in [2.05, 4.69) is 4.98 Å². The molecule has 20 heavy (non-hydrogen) atoms. The summed E-state index contributed by atoms with van der Waals surface area (Å²) in [6.07, 6.45) is -2.75. The minimum atomic E-state index is -4.59. The molecule has 0 aliphatic heterocycles. The maximum absolute atomic E-state index is 12.5. The van der Waals surface area contributed by atoms with E-state index in [1.807, 2.05) is 0 Å². The lowest BCUT2D eigenvalue weighted by atomic mass is 10.3. The van der Waals surface area contributed by atoms with Crippen LogP contribution in [0.4, 0.5) is 13.2 Å². The molecule has 108 valence electrons. The second kappa shape index (κ2) is 4.94. The third-order valence-corrected chi connectivity index (χ3v) is 3.92. The van der Waals surface area contributed by atoms with E-state index in [-0.39, 0.29) is 15.9 Å². The molecule has 0 bridgehead atoms. The van der Waals surface area contributed by atoms with Gasteiger partial charge in [-0.2, -0.15) is 13.2 Å². The normalized spacial score (nSPS) is 12.7. The van der Waals surface area contributed by atoms with E-state index in [0.717, 1.165) is 4.57 Å². The van der Waals surface area contributed by atoms with Crippen LogP contribution in [0.15, 0.2) is 35.6 Å². The predicted octanol–water partition coefficient (Wildman–Crippen LogP) is 3.47. The molecule has 10 heteroatoms. The third-order valence-electron chi connectivity index (χ3n) is 2.34. The molecule has 0 aliphatic carbocycles. The first-order valence-corrected chi connectivity index (χ1v) is 7.64. The molecule has 2 aromatic rings. The number of hydrogen-bond donors (Lipinski definition) is 0. The van der Waals surface area contributed by atoms with Crippen molar-refractivity contribution in [1.29, 1.82) is 0 Å². The minimum absolute atomic E-state index is 0.163. The Kier molecular flexibility index (Phi) is 3.74. The van der Waals surface area contributed by atoms with Crippen LogP contribution in [0.25, 0.3) is 5.82 Å². The average molecular weight is 345 g/mol. The van der Waals surface area contributed by atoms with Gasteiger partial charge >= 0.3 is 6.18 Å². The fourth-order valence-electron chi connectivity index (χ4n) is 1.50. The third kappa shape index (κ3) is 2.92. The first-order chi connectivity index (χ1) is 9.10. The maximum Gasteiger partial charge on any atom is 0.417 e. The molecule has 0 unspecified atom stereocenters. The van der Waals surface area contributed by atoms with Crippen molar-refractivity contribution in [2.45, 2.75) is 11.2 Å². The zero-order valence-corrected chi connectivity index (χ0v) is 11.7. The molecule has 0 radical (unpaired) electrons. The van der Waals surface area contributed by atoms with Gasteiger partial charge in [0.2, 0.25) is 0 Å². The van der Waals surface area contributed by atoms with Gasteiger partial charge in [0.05, 0.1) is 10.6 Å². The number of aromatic nitrogens is 2. The highest BCUT2D eigenvalue weighted by Crippen LogP contribution is 2.32. The van der Waals surface area contributed by atoms with E-state index in [1.54, 1.807) is 0 Å². The molecule has 0 spiro atoms. The van der Waals surface area contributed by atoms with E-state index >= 15 is 0 Å². The molecule has 0 saturated carbocycles. The lowest BCUT2D eigenvalue weighted by Crippen LogP contribution is -2.09. The first-order valence-electron chi connectivity index (χ1n) is 4.96. The highest BCUT2D eigenvalue weighted by molar-refractivity contribution is 8.13. The smallest absolute Gasteiger partial charge is 0.290 e. The summed E-state index contributed by atoms with van der Waals surface area (Å²) < 4.78 is 61.1. The molecular weight excluding hydrogens is 340 g/mol. The van der Waals surface area contributed by atoms with E-state index in [1.165, 1.54) is 18.3 Å². The van der Waals surface area contributed by atoms with Gasteiger partial charge < -0.3 is 0 Å². The van der Waals surface area contributed by atoms with Gasteiger partial charge in [0.15, 0.2) is 10.8 Å². The summed E-state index contributed by atoms with van der Waals surface area (Å²) in [7, 11) is 1.13. The van der Waals surface area contributed by atoms with Gasteiger partial charge in [-0.3, -0.25) is 4.57 Å². The molecule has 0 saturated heterocycles. The van der Waals surface area contributed by atoms with Crippen molar-refractivity contribution in [3.05, 3.63) is 41.2 Å². The molecule has 0 aromatic carbocycles. The molecule has 2 heterocycles. The Morgan fingerprint density at radius 2 is 1.95 bits per heavy atom. The van der Waals surface area contributed by atoms with Crippen molar-refractivity contribution in [1.82, 2.24) is 9.55 Å². The summed E-state index contributed by atoms with van der Waals surface area (Å²) >= 11 is 5.73. The lowest BCUT2D eigenvalue weighted by molar-refractivity contribution is -0.137. The molecule has 2 rings (SSSR count). The Balaban J connectivity index is 2.59. The number of nitrogens with zero attached hydrogens (tertiary/aromatic N) is 2. The standard InChI is InChI=1S/C10H5Cl2F3N2O2S/c11-7-4-6(10(13,14)15)5-16-9(7)17-3-1-2-8(17)20(12,18)19/h1-5H. The quantitative estimate of drug-likeness (QED) is 0.783.